The molecule has 0 bridgehead atoms. The molecule has 0 spiro atoms. The molecule has 0 N–H and O–H groups in total. The van der Waals surface area contributed by atoms with Gasteiger partial charge in [0.25, 0.3) is 0 Å². The van der Waals surface area contributed by atoms with E-state index in [4.69, 9.17) is 11.6 Å². The summed E-state index contributed by atoms with van der Waals surface area (Å²) < 4.78 is 1.02. The predicted molar refractivity (Wildman–Crippen MR) is 68.4 cm³/mol. The number of hydrogen-bond donors (Lipinski definition) is 0. The van der Waals surface area contributed by atoms with Crippen molar-refractivity contribution >= 4 is 27.5 Å². The number of halogens is 2. The fourth-order valence-electron chi connectivity index (χ4n) is 1.48. The van der Waals surface area contributed by atoms with Gasteiger partial charge in [0.15, 0.2) is 0 Å². The summed E-state index contributed by atoms with van der Waals surface area (Å²) in [4.78, 5) is 0. The van der Waals surface area contributed by atoms with Crippen molar-refractivity contribution in [3.8, 4) is 0 Å². The monoisotopic (exact) mass is 280 g/mol. The van der Waals surface area contributed by atoms with Crippen molar-refractivity contribution < 1.29 is 0 Å². The molecule has 15 heavy (non-hydrogen) atoms. The van der Waals surface area contributed by atoms with Crippen LogP contribution in [0.3, 0.4) is 0 Å². The zero-order valence-corrected chi connectivity index (χ0v) is 10.4. The molecule has 2 aromatic carbocycles. The van der Waals surface area contributed by atoms with E-state index in [1.165, 1.54) is 5.56 Å². The third-order valence-electron chi connectivity index (χ3n) is 2.25. The summed E-state index contributed by atoms with van der Waals surface area (Å²) in [5.41, 5.74) is 2.44. The molecular weight excluding hydrogens is 272 g/mol. The topological polar surface area (TPSA) is 0 Å². The van der Waals surface area contributed by atoms with Gasteiger partial charge >= 0.3 is 0 Å². The molecule has 76 valence electrons. The lowest BCUT2D eigenvalue weighted by Crippen LogP contribution is -1.88. The minimum atomic E-state index is 0.813. The maximum Gasteiger partial charge on any atom is 0.0452 e. The van der Waals surface area contributed by atoms with Gasteiger partial charge < -0.3 is 0 Å². The van der Waals surface area contributed by atoms with Crippen LogP contribution >= 0.6 is 27.5 Å². The van der Waals surface area contributed by atoms with E-state index < -0.39 is 0 Å². The Labute approximate surface area is 103 Å². The van der Waals surface area contributed by atoms with Crippen LogP contribution in [0.4, 0.5) is 0 Å². The number of hydrogen-bond acceptors (Lipinski definition) is 0. The quantitative estimate of drug-likeness (QED) is 0.749. The summed E-state index contributed by atoms with van der Waals surface area (Å²) in [6, 6.07) is 16.3. The highest BCUT2D eigenvalue weighted by atomic mass is 79.9. The van der Waals surface area contributed by atoms with E-state index in [-0.39, 0.29) is 0 Å². The lowest BCUT2D eigenvalue weighted by atomic mass is 10.1. The Bertz CT molecular complexity index is 451. The molecule has 0 saturated heterocycles. The molecule has 0 unspecified atom stereocenters. The summed E-state index contributed by atoms with van der Waals surface area (Å²) in [6.07, 6.45) is 0.882. The van der Waals surface area contributed by atoms with Gasteiger partial charge in [-0.2, -0.15) is 0 Å². The second kappa shape index (κ2) is 4.82. The molecule has 2 heteroatoms. The fourth-order valence-corrected chi connectivity index (χ4v) is 2.22. The molecule has 0 aliphatic carbocycles. The van der Waals surface area contributed by atoms with Crippen molar-refractivity contribution in [1.29, 1.82) is 0 Å². The molecule has 0 aromatic heterocycles. The summed E-state index contributed by atoms with van der Waals surface area (Å²) in [5.74, 6) is 0. The Morgan fingerprint density at radius 3 is 2.40 bits per heavy atom. The van der Waals surface area contributed by atoms with Crippen LogP contribution in [0.1, 0.15) is 11.1 Å². The molecular formula is C13H10BrCl. The Morgan fingerprint density at radius 2 is 1.73 bits per heavy atom. The minimum Gasteiger partial charge on any atom is -0.0840 e. The van der Waals surface area contributed by atoms with Gasteiger partial charge in [-0.15, -0.1) is 0 Å². The highest BCUT2D eigenvalue weighted by Crippen LogP contribution is 2.23. The third-order valence-corrected chi connectivity index (χ3v) is 3.10. The zero-order chi connectivity index (χ0) is 10.7. The smallest absolute Gasteiger partial charge is 0.0452 e. The van der Waals surface area contributed by atoms with E-state index in [1.807, 2.05) is 30.3 Å². The summed E-state index contributed by atoms with van der Waals surface area (Å²) in [5, 5.41) is 0.813. The Morgan fingerprint density at radius 1 is 1.00 bits per heavy atom. The van der Waals surface area contributed by atoms with Crippen LogP contribution in [0.25, 0.3) is 0 Å². The van der Waals surface area contributed by atoms with Crippen molar-refractivity contribution in [2.24, 2.45) is 0 Å². The van der Waals surface area contributed by atoms with Gasteiger partial charge in [0, 0.05) is 9.50 Å². The van der Waals surface area contributed by atoms with Crippen molar-refractivity contribution in [2.45, 2.75) is 6.42 Å². The van der Waals surface area contributed by atoms with Crippen LogP contribution in [0.2, 0.25) is 5.02 Å². The lowest BCUT2D eigenvalue weighted by molar-refractivity contribution is 1.19. The van der Waals surface area contributed by atoms with E-state index in [0.29, 0.717) is 0 Å². The van der Waals surface area contributed by atoms with E-state index in [2.05, 4.69) is 34.1 Å². The van der Waals surface area contributed by atoms with Gasteiger partial charge in [0.05, 0.1) is 0 Å². The van der Waals surface area contributed by atoms with Crippen molar-refractivity contribution in [3.05, 3.63) is 69.2 Å². The molecule has 0 heterocycles. The van der Waals surface area contributed by atoms with Crippen LogP contribution in [0, 0.1) is 0 Å². The first-order valence-corrected chi connectivity index (χ1v) is 5.90. The first-order chi connectivity index (χ1) is 7.25. The predicted octanol–water partition coefficient (Wildman–Crippen LogP) is 4.69. The molecule has 0 aliphatic rings. The first kappa shape index (κ1) is 10.7. The zero-order valence-electron chi connectivity index (χ0n) is 8.08. The molecule has 2 aromatic rings. The summed E-state index contributed by atoms with van der Waals surface area (Å²) in [6.45, 7) is 0. The second-order valence-corrected chi connectivity index (χ2v) is 4.72. The second-order valence-electron chi connectivity index (χ2n) is 3.40. The molecule has 2 rings (SSSR count). The lowest BCUT2D eigenvalue weighted by Gasteiger charge is -2.04. The SMILES string of the molecule is Clc1cc(Br)ccc1Cc1ccccc1. The molecule has 0 atom stereocenters. The van der Waals surface area contributed by atoms with Crippen molar-refractivity contribution in [3.63, 3.8) is 0 Å². The standard InChI is InChI=1S/C13H10BrCl/c14-12-7-6-11(13(15)9-12)8-10-4-2-1-3-5-10/h1-7,9H,8H2. The largest absolute Gasteiger partial charge is 0.0840 e. The molecule has 0 nitrogen and oxygen atoms in total. The van der Waals surface area contributed by atoms with Crippen LogP contribution in [0.5, 0.6) is 0 Å². The van der Waals surface area contributed by atoms with E-state index >= 15 is 0 Å². The van der Waals surface area contributed by atoms with Crippen LogP contribution < -0.4 is 0 Å². The Hall–Kier alpha value is -0.790. The van der Waals surface area contributed by atoms with E-state index in [0.717, 1.165) is 21.5 Å². The molecule has 0 radical (unpaired) electrons. The third kappa shape index (κ3) is 2.83. The first-order valence-electron chi connectivity index (χ1n) is 4.73. The van der Waals surface area contributed by atoms with Crippen molar-refractivity contribution in [1.82, 2.24) is 0 Å². The number of rotatable bonds is 2. The summed E-state index contributed by atoms with van der Waals surface area (Å²) >= 11 is 9.55. The van der Waals surface area contributed by atoms with E-state index in [1.54, 1.807) is 0 Å². The molecule has 0 fully saturated rings. The molecule has 0 amide bonds. The van der Waals surface area contributed by atoms with Crippen LogP contribution in [-0.2, 0) is 6.42 Å². The Balaban J connectivity index is 2.25. The highest BCUT2D eigenvalue weighted by molar-refractivity contribution is 9.10. The van der Waals surface area contributed by atoms with Gasteiger partial charge in [0.1, 0.15) is 0 Å². The van der Waals surface area contributed by atoms with Gasteiger partial charge in [-0.1, -0.05) is 63.9 Å². The van der Waals surface area contributed by atoms with Gasteiger partial charge in [-0.25, -0.2) is 0 Å². The molecule has 0 saturated carbocycles. The molecule has 0 aliphatic heterocycles. The van der Waals surface area contributed by atoms with Crippen LogP contribution in [0.15, 0.2) is 53.0 Å². The normalized spacial score (nSPS) is 10.3. The average molecular weight is 282 g/mol. The van der Waals surface area contributed by atoms with Gasteiger partial charge in [0.2, 0.25) is 0 Å². The fraction of sp³-hybridized carbons (Fsp3) is 0.0769. The van der Waals surface area contributed by atoms with Gasteiger partial charge in [-0.05, 0) is 29.7 Å². The van der Waals surface area contributed by atoms with Crippen molar-refractivity contribution in [2.75, 3.05) is 0 Å². The maximum atomic E-state index is 6.15. The maximum absolute atomic E-state index is 6.15. The minimum absolute atomic E-state index is 0.813. The Kier molecular flexibility index (Phi) is 3.45. The summed E-state index contributed by atoms with van der Waals surface area (Å²) in [7, 11) is 0. The van der Waals surface area contributed by atoms with E-state index in [9.17, 15) is 0 Å². The van der Waals surface area contributed by atoms with Gasteiger partial charge in [-0.3, -0.25) is 0 Å². The average Bonchev–Trinajstić information content (AvgIpc) is 2.24. The highest BCUT2D eigenvalue weighted by Gasteiger charge is 2.01. The van der Waals surface area contributed by atoms with Crippen LogP contribution in [-0.4, -0.2) is 0 Å². The number of benzene rings is 2.